The van der Waals surface area contributed by atoms with Crippen LogP contribution >= 0.6 is 0 Å². The molecule has 0 amide bonds. The fraction of sp³-hybridized carbons (Fsp3) is 0.320. The molecule has 0 bridgehead atoms. The number of carbonyl (C=O) groups excluding carboxylic acids is 1. The lowest BCUT2D eigenvalue weighted by atomic mass is 9.90. The summed E-state index contributed by atoms with van der Waals surface area (Å²) >= 11 is 0. The van der Waals surface area contributed by atoms with Crippen molar-refractivity contribution >= 4 is 21.5 Å². The number of ketones is 1. The second kappa shape index (κ2) is 8.60. The molecule has 2 aromatic heterocycles. The first-order valence-electron chi connectivity index (χ1n) is 11.0. The molecule has 3 heterocycles. The first-order chi connectivity index (χ1) is 16.4. The number of Topliss-reactive ketones (excluding diaryl/α,β-unsaturated/α-hetero) is 1. The first kappa shape index (κ1) is 24.6. The summed E-state index contributed by atoms with van der Waals surface area (Å²) in [6.07, 6.45) is 4.35. The van der Waals surface area contributed by atoms with Gasteiger partial charge in [0.05, 0.1) is 23.3 Å². The summed E-state index contributed by atoms with van der Waals surface area (Å²) < 4.78 is 40.6. The number of halogens is 1. The zero-order chi connectivity index (χ0) is 25.6. The quantitative estimate of drug-likeness (QED) is 0.539. The number of aryl methyl sites for hydroxylation is 2. The fourth-order valence-electron chi connectivity index (χ4n) is 4.21. The van der Waals surface area contributed by atoms with Crippen molar-refractivity contribution in [2.75, 3.05) is 5.75 Å². The minimum absolute atomic E-state index is 0.0450. The number of carbonyl (C=O) groups is 1. The van der Waals surface area contributed by atoms with E-state index in [0.29, 0.717) is 11.3 Å². The van der Waals surface area contributed by atoms with Gasteiger partial charge in [-0.3, -0.25) is 19.8 Å². The highest BCUT2D eigenvalue weighted by Crippen LogP contribution is 2.42. The minimum Gasteiger partial charge on any atom is -0.386 e. The van der Waals surface area contributed by atoms with E-state index in [1.807, 2.05) is 6.92 Å². The lowest BCUT2D eigenvalue weighted by molar-refractivity contribution is 0.0987. The summed E-state index contributed by atoms with van der Waals surface area (Å²) in [6.45, 7) is 6.58. The Morgan fingerprint density at radius 2 is 1.83 bits per heavy atom. The van der Waals surface area contributed by atoms with Crippen LogP contribution in [-0.2, 0) is 26.5 Å². The van der Waals surface area contributed by atoms with Crippen molar-refractivity contribution in [1.29, 1.82) is 0 Å². The Balaban J connectivity index is 1.74. The molecule has 1 aromatic carbocycles. The van der Waals surface area contributed by atoms with Crippen molar-refractivity contribution in [2.45, 2.75) is 44.4 Å². The topological polar surface area (TPSA) is 128 Å². The molecule has 35 heavy (non-hydrogen) atoms. The van der Waals surface area contributed by atoms with E-state index >= 15 is 4.39 Å². The molecule has 1 aliphatic rings. The number of nitrogens with two attached hydrogens (primary N) is 1. The van der Waals surface area contributed by atoms with Gasteiger partial charge >= 0.3 is 0 Å². The molecule has 0 fully saturated rings. The summed E-state index contributed by atoms with van der Waals surface area (Å²) in [4.78, 5) is 29.6. The second-order valence-corrected chi connectivity index (χ2v) is 11.6. The van der Waals surface area contributed by atoms with E-state index in [9.17, 15) is 13.2 Å². The molecule has 2 atom stereocenters. The molecule has 4 rings (SSSR count). The number of hydrogen-bond acceptors (Lipinski definition) is 8. The van der Waals surface area contributed by atoms with Crippen molar-refractivity contribution in [3.8, 4) is 0 Å². The third kappa shape index (κ3) is 4.34. The molecule has 2 N–H and O–H groups in total. The Kier molecular flexibility index (Phi) is 6.04. The Morgan fingerprint density at radius 1 is 1.09 bits per heavy atom. The van der Waals surface area contributed by atoms with E-state index in [1.165, 1.54) is 50.6 Å². The summed E-state index contributed by atoms with van der Waals surface area (Å²) in [5.74, 6) is -1.58. The van der Waals surface area contributed by atoms with Gasteiger partial charge in [-0.05, 0) is 63.1 Å². The Morgan fingerprint density at radius 3 is 2.46 bits per heavy atom. The standard InChI is InChI=1S/C25H26FN5O3S/c1-15-7-8-28-22(9-15)25(4)23(27)31-24(3,14-35(25,33)34)18-10-17(5-6-19(18)26)11-21(32)20-13-29-16(2)12-30-20/h5-10,12-13H,11,14H2,1-4H3,(H2,27,31)/t24-,25+/m0/s1. The SMILES string of the molecule is Cc1ccnc([C@]2(C)C(N)=N[C@](C)(c3cc(CC(=O)c4cnc(C)cn4)ccc3F)CS2(=O)=O)c1. The third-order valence-corrected chi connectivity index (χ3v) is 9.00. The van der Waals surface area contributed by atoms with Crippen LogP contribution in [0.5, 0.6) is 0 Å². The van der Waals surface area contributed by atoms with Gasteiger partial charge in [-0.1, -0.05) is 6.07 Å². The average molecular weight is 496 g/mol. The van der Waals surface area contributed by atoms with Crippen LogP contribution in [0.4, 0.5) is 4.39 Å². The van der Waals surface area contributed by atoms with Crippen molar-refractivity contribution in [1.82, 2.24) is 15.0 Å². The maximum atomic E-state index is 15.0. The molecule has 0 aliphatic carbocycles. The number of amidine groups is 1. The van der Waals surface area contributed by atoms with E-state index in [4.69, 9.17) is 5.73 Å². The predicted octanol–water partition coefficient (Wildman–Crippen LogP) is 2.97. The molecule has 1 aliphatic heterocycles. The molecular formula is C25H26FN5O3S. The molecule has 0 saturated carbocycles. The van der Waals surface area contributed by atoms with Crippen LogP contribution in [0, 0.1) is 19.7 Å². The van der Waals surface area contributed by atoms with Crippen LogP contribution in [0.25, 0.3) is 0 Å². The zero-order valence-corrected chi connectivity index (χ0v) is 20.7. The highest BCUT2D eigenvalue weighted by molar-refractivity contribution is 7.93. The van der Waals surface area contributed by atoms with Gasteiger partial charge in [0.25, 0.3) is 0 Å². The van der Waals surface area contributed by atoms with Gasteiger partial charge in [0.1, 0.15) is 22.9 Å². The van der Waals surface area contributed by atoms with Gasteiger partial charge < -0.3 is 5.73 Å². The lowest BCUT2D eigenvalue weighted by Gasteiger charge is -2.39. The zero-order valence-electron chi connectivity index (χ0n) is 19.9. The third-order valence-electron chi connectivity index (χ3n) is 6.40. The number of benzene rings is 1. The van der Waals surface area contributed by atoms with E-state index in [-0.39, 0.29) is 35.0 Å². The van der Waals surface area contributed by atoms with E-state index in [0.717, 1.165) is 5.56 Å². The Bertz CT molecular complexity index is 1460. The van der Waals surface area contributed by atoms with Crippen molar-refractivity contribution in [2.24, 2.45) is 10.7 Å². The first-order valence-corrected chi connectivity index (χ1v) is 12.6. The second-order valence-electron chi connectivity index (χ2n) is 9.24. The number of aromatic nitrogens is 3. The summed E-state index contributed by atoms with van der Waals surface area (Å²) in [5, 5.41) is 0. The number of pyridine rings is 1. The lowest BCUT2D eigenvalue weighted by Crippen LogP contribution is -2.55. The molecule has 3 aromatic rings. The smallest absolute Gasteiger partial charge is 0.187 e. The monoisotopic (exact) mass is 495 g/mol. The molecule has 182 valence electrons. The van der Waals surface area contributed by atoms with E-state index < -0.39 is 31.7 Å². The number of nitrogens with zero attached hydrogens (tertiary/aromatic N) is 4. The number of sulfone groups is 1. The maximum absolute atomic E-state index is 15.0. The van der Waals surface area contributed by atoms with Gasteiger partial charge in [0.15, 0.2) is 20.4 Å². The van der Waals surface area contributed by atoms with Crippen molar-refractivity contribution in [3.05, 3.63) is 88.5 Å². The van der Waals surface area contributed by atoms with E-state index in [2.05, 4.69) is 19.9 Å². The number of aliphatic imine (C=N–C) groups is 1. The van der Waals surface area contributed by atoms with Crippen molar-refractivity contribution in [3.63, 3.8) is 0 Å². The molecule has 0 radical (unpaired) electrons. The molecule has 10 heteroatoms. The normalized spacial score (nSPS) is 23.5. The van der Waals surface area contributed by atoms with Crippen LogP contribution in [-0.4, -0.2) is 40.7 Å². The highest BCUT2D eigenvalue weighted by Gasteiger charge is 2.54. The molecule has 0 unspecified atom stereocenters. The maximum Gasteiger partial charge on any atom is 0.187 e. The summed E-state index contributed by atoms with van der Waals surface area (Å²) in [7, 11) is -3.97. The van der Waals surface area contributed by atoms with Crippen LogP contribution < -0.4 is 5.73 Å². The molecule has 0 spiro atoms. The van der Waals surface area contributed by atoms with Crippen LogP contribution in [0.2, 0.25) is 0 Å². The van der Waals surface area contributed by atoms with Gasteiger partial charge in [-0.2, -0.15) is 0 Å². The number of rotatable bonds is 5. The minimum atomic E-state index is -3.97. The largest absolute Gasteiger partial charge is 0.386 e. The summed E-state index contributed by atoms with van der Waals surface area (Å²) in [6, 6.07) is 7.56. The van der Waals surface area contributed by atoms with Gasteiger partial charge in [-0.25, -0.2) is 17.8 Å². The highest BCUT2D eigenvalue weighted by atomic mass is 32.2. The van der Waals surface area contributed by atoms with Gasteiger partial charge in [-0.15, -0.1) is 0 Å². The van der Waals surface area contributed by atoms with Crippen LogP contribution in [0.1, 0.15) is 52.4 Å². The number of hydrogen-bond donors (Lipinski definition) is 1. The average Bonchev–Trinajstić information content (AvgIpc) is 2.78. The molecule has 8 nitrogen and oxygen atoms in total. The van der Waals surface area contributed by atoms with Crippen LogP contribution in [0.15, 0.2) is 53.9 Å². The van der Waals surface area contributed by atoms with Gasteiger partial charge in [0.2, 0.25) is 0 Å². The Labute approximate surface area is 203 Å². The molecule has 0 saturated heterocycles. The van der Waals surface area contributed by atoms with Crippen molar-refractivity contribution < 1.29 is 17.6 Å². The van der Waals surface area contributed by atoms with Gasteiger partial charge in [0, 0.05) is 24.4 Å². The summed E-state index contributed by atoms with van der Waals surface area (Å²) in [5.41, 5.74) is 7.30. The fourth-order valence-corrected chi connectivity index (χ4v) is 6.26. The predicted molar refractivity (Wildman–Crippen MR) is 130 cm³/mol. The molecular weight excluding hydrogens is 469 g/mol. The van der Waals surface area contributed by atoms with E-state index in [1.54, 1.807) is 19.1 Å². The van der Waals surface area contributed by atoms with Crippen LogP contribution in [0.3, 0.4) is 0 Å². The Hall–Kier alpha value is -3.53.